The molecular formula is C12H28N2O2. The monoisotopic (exact) mass is 232 g/mol. The van der Waals surface area contributed by atoms with E-state index in [1.165, 1.54) is 82.4 Å². The van der Waals surface area contributed by atoms with Crippen molar-refractivity contribution < 1.29 is 5.21 Å². The minimum atomic E-state index is 0. The van der Waals surface area contributed by atoms with Crippen LogP contribution in [0, 0.1) is 4.91 Å². The zero-order valence-electron chi connectivity index (χ0n) is 10.5. The van der Waals surface area contributed by atoms with Crippen LogP contribution in [-0.4, -0.2) is 5.21 Å². The normalized spacial score (nSPS) is 18.8. The van der Waals surface area contributed by atoms with Gasteiger partial charge in [0.05, 0.1) is 0 Å². The van der Waals surface area contributed by atoms with Gasteiger partial charge in [-0.1, -0.05) is 77.0 Å². The summed E-state index contributed by atoms with van der Waals surface area (Å²) in [4.78, 5) is 8.11. The van der Waals surface area contributed by atoms with Gasteiger partial charge >= 0.3 is 0 Å². The van der Waals surface area contributed by atoms with Crippen LogP contribution in [0.4, 0.5) is 0 Å². The minimum absolute atomic E-state index is 0. The molecule has 2 rings (SSSR count). The Balaban J connectivity index is 0. The van der Waals surface area contributed by atoms with Crippen LogP contribution in [0.1, 0.15) is 77.0 Å². The van der Waals surface area contributed by atoms with E-state index in [1.807, 2.05) is 0 Å². The number of rotatable bonds is 0. The number of hydrogen-bond acceptors (Lipinski definition) is 3. The second kappa shape index (κ2) is 16.8. The lowest BCUT2D eigenvalue weighted by molar-refractivity contribution is 0.312. The van der Waals surface area contributed by atoms with Crippen LogP contribution in [0.25, 0.3) is 0 Å². The summed E-state index contributed by atoms with van der Waals surface area (Å²) >= 11 is 0. The summed E-state index contributed by atoms with van der Waals surface area (Å²) in [5.74, 6) is 0. The van der Waals surface area contributed by atoms with Gasteiger partial charge in [0.1, 0.15) is 0 Å². The van der Waals surface area contributed by atoms with E-state index < -0.39 is 0 Å². The Labute approximate surface area is 99.3 Å². The van der Waals surface area contributed by atoms with Crippen LogP contribution in [0.2, 0.25) is 0 Å². The van der Waals surface area contributed by atoms with Crippen LogP contribution in [0.5, 0.6) is 0 Å². The van der Waals surface area contributed by atoms with Crippen molar-refractivity contribution in [1.29, 1.82) is 0 Å². The Morgan fingerprint density at radius 1 is 0.562 bits per heavy atom. The van der Waals surface area contributed by atoms with Crippen molar-refractivity contribution in [3.8, 4) is 0 Å². The van der Waals surface area contributed by atoms with E-state index in [2.05, 4.69) is 0 Å². The van der Waals surface area contributed by atoms with Crippen molar-refractivity contribution in [3.05, 3.63) is 4.91 Å². The molecule has 0 atom stereocenters. The van der Waals surface area contributed by atoms with Gasteiger partial charge in [0, 0.05) is 0 Å². The molecule has 0 bridgehead atoms. The fourth-order valence-corrected chi connectivity index (χ4v) is 2.12. The first-order valence-electron chi connectivity index (χ1n) is 6.38. The first-order chi connectivity index (χ1) is 7.41. The van der Waals surface area contributed by atoms with Crippen molar-refractivity contribution in [2.75, 3.05) is 0 Å². The molecule has 2 fully saturated rings. The summed E-state index contributed by atoms with van der Waals surface area (Å²) in [6.45, 7) is 0. The Morgan fingerprint density at radius 3 is 0.688 bits per heavy atom. The SMILES string of the molecule is C1CCCCC1.C1CCCCC1.N.O=NO. The molecule has 4 N–H and O–H groups in total. The van der Waals surface area contributed by atoms with Crippen LogP contribution in [0.3, 0.4) is 0 Å². The first kappa shape index (κ1) is 17.7. The molecule has 4 heteroatoms. The molecule has 2 aliphatic rings. The number of hydrogen-bond donors (Lipinski definition) is 2. The van der Waals surface area contributed by atoms with Crippen molar-refractivity contribution in [2.24, 2.45) is 5.34 Å². The molecule has 0 saturated heterocycles. The lowest BCUT2D eigenvalue weighted by Gasteiger charge is -2.05. The molecule has 0 spiro atoms. The molecule has 98 valence electrons. The predicted molar refractivity (Wildman–Crippen MR) is 68.0 cm³/mol. The molecule has 0 aromatic heterocycles. The molecular weight excluding hydrogens is 204 g/mol. The quantitative estimate of drug-likeness (QED) is 0.456. The Morgan fingerprint density at radius 2 is 0.625 bits per heavy atom. The summed E-state index contributed by atoms with van der Waals surface area (Å²) in [5, 5.41) is 7.89. The summed E-state index contributed by atoms with van der Waals surface area (Å²) in [7, 11) is 0. The van der Waals surface area contributed by atoms with E-state index in [9.17, 15) is 0 Å². The molecule has 0 heterocycles. The highest BCUT2D eigenvalue weighted by Gasteiger charge is 1.96. The van der Waals surface area contributed by atoms with Gasteiger partial charge < -0.3 is 11.4 Å². The molecule has 0 radical (unpaired) electrons. The summed E-state index contributed by atoms with van der Waals surface area (Å²) in [5.41, 5.74) is 0. The molecule has 4 nitrogen and oxygen atoms in total. The lowest BCUT2D eigenvalue weighted by atomic mass is 10.0. The topological polar surface area (TPSA) is 84.7 Å². The molecule has 2 aliphatic carbocycles. The molecule has 16 heavy (non-hydrogen) atoms. The van der Waals surface area contributed by atoms with Crippen LogP contribution >= 0.6 is 0 Å². The Hall–Kier alpha value is -0.640. The standard InChI is InChI=1S/2C6H12.HNO2.H3N/c2*1-2-4-6-5-3-1;2-1-3;/h2*1-6H2;(H,2,3);1H3. The largest absolute Gasteiger partial charge is 0.379 e. The number of nitrogens with zero attached hydrogens (tertiary/aromatic N) is 1. The second-order valence-corrected chi connectivity index (χ2v) is 4.32. The van der Waals surface area contributed by atoms with Crippen LogP contribution in [0.15, 0.2) is 5.34 Å². The highest BCUT2D eigenvalue weighted by atomic mass is 16.6. The smallest absolute Gasteiger partial charge is 0.152 e. The van der Waals surface area contributed by atoms with Gasteiger partial charge in [-0.2, -0.15) is 0 Å². The Kier molecular flexibility index (Phi) is 18.6. The van der Waals surface area contributed by atoms with Crippen molar-refractivity contribution >= 4 is 0 Å². The third kappa shape index (κ3) is 15.8. The molecule has 0 amide bonds. The molecule has 0 unspecified atom stereocenters. The van der Waals surface area contributed by atoms with Crippen LogP contribution in [-0.2, 0) is 0 Å². The van der Waals surface area contributed by atoms with Gasteiger partial charge in [-0.05, 0) is 0 Å². The maximum Gasteiger partial charge on any atom is 0.152 e. The van der Waals surface area contributed by atoms with E-state index in [-0.39, 0.29) is 6.15 Å². The first-order valence-corrected chi connectivity index (χ1v) is 6.38. The third-order valence-corrected chi connectivity index (χ3v) is 3.00. The zero-order valence-corrected chi connectivity index (χ0v) is 10.5. The predicted octanol–water partition coefficient (Wildman–Crippen LogP) is 4.99. The fraction of sp³-hybridized carbons (Fsp3) is 1.00. The van der Waals surface area contributed by atoms with Gasteiger partial charge in [-0.25, -0.2) is 0 Å². The maximum atomic E-state index is 8.11. The minimum Gasteiger partial charge on any atom is -0.379 e. The van der Waals surface area contributed by atoms with E-state index in [1.54, 1.807) is 0 Å². The van der Waals surface area contributed by atoms with Gasteiger partial charge in [-0.15, -0.1) is 4.91 Å². The van der Waals surface area contributed by atoms with Crippen molar-refractivity contribution in [1.82, 2.24) is 6.15 Å². The maximum absolute atomic E-state index is 8.11. The molecule has 2 saturated carbocycles. The summed E-state index contributed by atoms with van der Waals surface area (Å²) in [6.07, 6.45) is 18.0. The molecule has 0 aromatic rings. The summed E-state index contributed by atoms with van der Waals surface area (Å²) < 4.78 is 0. The average molecular weight is 232 g/mol. The van der Waals surface area contributed by atoms with Crippen molar-refractivity contribution in [2.45, 2.75) is 77.0 Å². The summed E-state index contributed by atoms with van der Waals surface area (Å²) in [6, 6.07) is 0. The van der Waals surface area contributed by atoms with Gasteiger partial charge in [-0.3, -0.25) is 0 Å². The highest BCUT2D eigenvalue weighted by molar-refractivity contribution is 4.51. The average Bonchev–Trinajstić information content (AvgIpc) is 2.35. The van der Waals surface area contributed by atoms with Crippen molar-refractivity contribution in [3.63, 3.8) is 0 Å². The highest BCUT2D eigenvalue weighted by Crippen LogP contribution is 2.15. The van der Waals surface area contributed by atoms with Crippen LogP contribution < -0.4 is 6.15 Å². The van der Waals surface area contributed by atoms with E-state index in [4.69, 9.17) is 10.1 Å². The second-order valence-electron chi connectivity index (χ2n) is 4.32. The van der Waals surface area contributed by atoms with E-state index >= 15 is 0 Å². The molecule has 0 aliphatic heterocycles. The van der Waals surface area contributed by atoms with Gasteiger partial charge in [0.25, 0.3) is 0 Å². The van der Waals surface area contributed by atoms with E-state index in [0.717, 1.165) is 0 Å². The van der Waals surface area contributed by atoms with Gasteiger partial charge in [0.2, 0.25) is 0 Å². The zero-order chi connectivity index (χ0) is 11.2. The fourth-order valence-electron chi connectivity index (χ4n) is 2.12. The molecule has 0 aromatic carbocycles. The van der Waals surface area contributed by atoms with E-state index in [0.29, 0.717) is 0 Å². The van der Waals surface area contributed by atoms with Gasteiger partial charge in [0.15, 0.2) is 5.34 Å². The third-order valence-electron chi connectivity index (χ3n) is 3.00. The lowest BCUT2D eigenvalue weighted by Crippen LogP contribution is -1.85. The Bertz CT molecular complexity index is 89.2.